The number of hydrogen-bond donors (Lipinski definition) is 0. The van der Waals surface area contributed by atoms with Gasteiger partial charge in [0.15, 0.2) is 17.6 Å². The van der Waals surface area contributed by atoms with Crippen LogP contribution in [0.25, 0.3) is 11.0 Å². The van der Waals surface area contributed by atoms with Gasteiger partial charge in [-0.25, -0.2) is 14.7 Å². The molecule has 2 aromatic heterocycles. The van der Waals surface area contributed by atoms with E-state index in [1.54, 1.807) is 17.9 Å². The van der Waals surface area contributed by atoms with Gasteiger partial charge >= 0.3 is 0 Å². The maximum atomic E-state index is 12.4. The Morgan fingerprint density at radius 1 is 1.37 bits per heavy atom. The van der Waals surface area contributed by atoms with Gasteiger partial charge in [-0.05, 0) is 41.3 Å². The number of carbonyl (C=O) groups is 1. The molecule has 27 heavy (non-hydrogen) atoms. The van der Waals surface area contributed by atoms with Crippen molar-refractivity contribution in [3.05, 3.63) is 37.3 Å². The molecule has 0 saturated carbocycles. The van der Waals surface area contributed by atoms with E-state index in [2.05, 4.69) is 26.0 Å². The maximum absolute atomic E-state index is 12.4. The van der Waals surface area contributed by atoms with Gasteiger partial charge < -0.3 is 19.6 Å². The Morgan fingerprint density at radius 3 is 2.59 bits per heavy atom. The van der Waals surface area contributed by atoms with Crippen molar-refractivity contribution in [3.63, 3.8) is 0 Å². The van der Waals surface area contributed by atoms with Crippen LogP contribution in [-0.2, 0) is 9.57 Å². The van der Waals surface area contributed by atoms with Gasteiger partial charge in [-0.15, -0.1) is 0 Å². The third-order valence-electron chi connectivity index (χ3n) is 3.70. The number of aromatic nitrogens is 3. The van der Waals surface area contributed by atoms with Crippen molar-refractivity contribution >= 4 is 32.9 Å². The molecular weight excluding hydrogens is 652 g/mol. The van der Waals surface area contributed by atoms with E-state index in [1.807, 2.05) is 19.9 Å². The Labute approximate surface area is 164 Å². The Balaban J connectivity index is 0. The molecule has 0 aromatic carbocycles. The normalized spacial score (nSPS) is 15.4. The van der Waals surface area contributed by atoms with Crippen molar-refractivity contribution in [2.75, 3.05) is 20.8 Å². The van der Waals surface area contributed by atoms with Gasteiger partial charge in [0.1, 0.15) is 0 Å². The monoisotopic (exact) mass is 680 g/mol. The summed E-state index contributed by atoms with van der Waals surface area (Å²) in [6.07, 6.45) is 4.50. The molecular formula is C18H29BrEsN4O3-2. The van der Waals surface area contributed by atoms with Crippen molar-refractivity contribution in [2.45, 2.75) is 39.3 Å². The van der Waals surface area contributed by atoms with E-state index in [0.717, 1.165) is 28.8 Å². The zero-order valence-corrected chi connectivity index (χ0v) is 20.9. The van der Waals surface area contributed by atoms with Crippen LogP contribution in [0.3, 0.4) is 0 Å². The summed E-state index contributed by atoms with van der Waals surface area (Å²) in [5.74, 6) is -0.318. The molecule has 0 spiro atoms. The summed E-state index contributed by atoms with van der Waals surface area (Å²) in [5.41, 5.74) is 0.949. The van der Waals surface area contributed by atoms with Crippen LogP contribution >= 0.6 is 15.9 Å². The summed E-state index contributed by atoms with van der Waals surface area (Å²) >= 11 is 3.39. The zero-order valence-electron chi connectivity index (χ0n) is 16.8. The summed E-state index contributed by atoms with van der Waals surface area (Å²) in [4.78, 5) is 21.8. The molecule has 3 heterocycles. The first-order valence-electron chi connectivity index (χ1n) is 8.09. The number of nitrogens with zero attached hydrogens (tertiary/aromatic N) is 4. The van der Waals surface area contributed by atoms with Crippen molar-refractivity contribution in [3.8, 4) is 0 Å². The molecule has 0 N–H and O–H groups in total. The first-order valence-corrected chi connectivity index (χ1v) is 8.88. The summed E-state index contributed by atoms with van der Waals surface area (Å²) in [7, 11) is 2.99. The van der Waals surface area contributed by atoms with Crippen LogP contribution < -0.4 is 0 Å². The quantitative estimate of drug-likeness (QED) is 0.354. The first-order chi connectivity index (χ1) is 11.6. The van der Waals surface area contributed by atoms with Crippen LogP contribution in [0.1, 0.15) is 49.8 Å². The molecule has 159 valence electrons. The van der Waals surface area contributed by atoms with E-state index < -0.39 is 0 Å². The second-order valence-corrected chi connectivity index (χ2v) is 6.04. The minimum atomic E-state index is -0.318. The maximum Gasteiger partial charge on any atom is 0.298 e. The Hall–Kier alpha value is -2.51. The molecule has 7 nitrogen and oxygen atoms in total. The molecule has 1 radical (unpaired) electrons. The predicted octanol–water partition coefficient (Wildman–Crippen LogP) is 4.45. The van der Waals surface area contributed by atoms with E-state index in [-0.39, 0.29) is 27.0 Å². The number of hydrogen-bond acceptors (Lipinski definition) is 5. The van der Waals surface area contributed by atoms with Crippen LogP contribution in [0, 0.1) is 14.9 Å². The molecule has 0 bridgehead atoms. The minimum absolute atomic E-state index is 0. The smallest absolute Gasteiger partial charge is 0.298 e. The van der Waals surface area contributed by atoms with E-state index in [4.69, 9.17) is 9.57 Å². The van der Waals surface area contributed by atoms with Crippen LogP contribution in [-0.4, -0.2) is 46.5 Å². The number of carbonyl (C=O) groups excluding carboxylic acids is 1. The topological polar surface area (TPSA) is 69.5 Å². The van der Waals surface area contributed by atoms with E-state index in [9.17, 15) is 4.79 Å². The second kappa shape index (κ2) is 12.0. The van der Waals surface area contributed by atoms with E-state index >= 15 is 0 Å². The Morgan fingerprint density at radius 2 is 2.04 bits per heavy atom. The van der Waals surface area contributed by atoms with Gasteiger partial charge in [-0.1, -0.05) is 13.8 Å². The molecule has 0 aliphatic carbocycles. The third-order valence-corrected chi connectivity index (χ3v) is 4.14. The third kappa shape index (κ3) is 5.48. The predicted molar refractivity (Wildman–Crippen MR) is 107 cm³/mol. The molecule has 1 atom stereocenters. The van der Waals surface area contributed by atoms with Gasteiger partial charge in [0, 0.05) is 24.3 Å². The summed E-state index contributed by atoms with van der Waals surface area (Å²) in [5, 5.41) is 6.29. The standard InChI is InChI=1S/C14H17BrN4O3.C2H6.2CH3.Es/c1-18(21-2)14(20)12-10-7-9(15)8-16-13(10)19(17-12)11-5-3-4-6-22-11;1-2;;;/h7-8,11H,3-6H2,1-2H3;1-2H3;2*1H3;/q;;2*-1;. The number of hydroxylamine groups is 2. The fourth-order valence-electron chi connectivity index (χ4n) is 2.51. The van der Waals surface area contributed by atoms with E-state index in [0.29, 0.717) is 23.3 Å². The molecule has 2 aromatic rings. The molecule has 9 heteroatoms. The molecule has 1 aliphatic rings. The van der Waals surface area contributed by atoms with Gasteiger partial charge in [-0.2, -0.15) is 5.10 Å². The van der Waals surface area contributed by atoms with E-state index in [1.165, 1.54) is 7.11 Å². The van der Waals surface area contributed by atoms with Crippen LogP contribution in [0.2, 0.25) is 0 Å². The van der Waals surface area contributed by atoms with Crippen LogP contribution in [0.5, 0.6) is 0 Å². The number of rotatable bonds is 3. The number of ether oxygens (including phenoxy) is 1. The summed E-state index contributed by atoms with van der Waals surface area (Å²) in [6, 6.07) is 1.84. The minimum Gasteiger partial charge on any atom is -0.358 e. The zero-order chi connectivity index (χ0) is 17.7. The number of fused-ring (bicyclic) bond motifs is 1. The molecule has 1 amide bonds. The molecule has 1 fully saturated rings. The molecule has 1 unspecified atom stereocenters. The van der Waals surface area contributed by atoms with Crippen molar-refractivity contribution in [2.24, 2.45) is 0 Å². The largest absolute Gasteiger partial charge is 0.358 e. The summed E-state index contributed by atoms with van der Waals surface area (Å²) in [6.45, 7) is 4.70. The second-order valence-electron chi connectivity index (χ2n) is 5.12. The average Bonchev–Trinajstić information content (AvgIpc) is 3.01. The van der Waals surface area contributed by atoms with Gasteiger partial charge in [0.05, 0.1) is 12.5 Å². The van der Waals surface area contributed by atoms with Crippen molar-refractivity contribution < 1.29 is 14.4 Å². The Kier molecular flexibility index (Phi) is 11.9. The molecule has 1 aliphatic heterocycles. The summed E-state index contributed by atoms with van der Waals surface area (Å²) < 4.78 is 8.27. The average molecular weight is 681 g/mol. The number of halogens is 1. The van der Waals surface area contributed by atoms with Gasteiger partial charge in [0.2, 0.25) is 0 Å². The fourth-order valence-corrected chi connectivity index (χ4v) is 2.84. The van der Waals surface area contributed by atoms with Crippen LogP contribution in [0.4, 0.5) is 0 Å². The van der Waals surface area contributed by atoms with Crippen LogP contribution in [0.15, 0.2) is 16.7 Å². The first kappa shape index (κ1) is 26.7. The van der Waals surface area contributed by atoms with Gasteiger partial charge in [0.25, 0.3) is 5.91 Å². The SMILES string of the molecule is CC.CON(C)C(=O)c1nn(C2CCCCO2)c2ncc(Br)cc12.[CH3-].[CH3-].[Es]. The Bertz CT molecular complexity index is 705. The van der Waals surface area contributed by atoms with Gasteiger partial charge in [-0.3, -0.25) is 9.63 Å². The number of amides is 1. The fraction of sp³-hybridized carbons (Fsp3) is 0.500. The number of pyridine rings is 1. The molecule has 1 saturated heterocycles. The van der Waals surface area contributed by atoms with Crippen molar-refractivity contribution in [1.29, 1.82) is 0 Å². The van der Waals surface area contributed by atoms with Crippen molar-refractivity contribution in [1.82, 2.24) is 19.8 Å². The molecule has 3 rings (SSSR count).